The third-order valence-corrected chi connectivity index (χ3v) is 3.82. The predicted octanol–water partition coefficient (Wildman–Crippen LogP) is 1.44. The first-order chi connectivity index (χ1) is 8.62. The minimum Gasteiger partial charge on any atom is -0.365 e. The SMILES string of the molecule is CCn1ccnc(NCC(CC)(CC)CN)c1=O. The maximum atomic E-state index is 12.0. The van der Waals surface area contributed by atoms with Crippen molar-refractivity contribution in [2.75, 3.05) is 18.4 Å². The summed E-state index contributed by atoms with van der Waals surface area (Å²) in [6.45, 7) is 8.14. The summed E-state index contributed by atoms with van der Waals surface area (Å²) in [5.74, 6) is 0.416. The molecule has 18 heavy (non-hydrogen) atoms. The molecule has 0 radical (unpaired) electrons. The van der Waals surface area contributed by atoms with Gasteiger partial charge in [-0.05, 0) is 31.7 Å². The van der Waals surface area contributed by atoms with Gasteiger partial charge in [-0.2, -0.15) is 0 Å². The number of aryl methyl sites for hydroxylation is 1. The van der Waals surface area contributed by atoms with Crippen molar-refractivity contribution in [3.63, 3.8) is 0 Å². The number of aromatic nitrogens is 2. The maximum Gasteiger partial charge on any atom is 0.293 e. The molecule has 1 aromatic rings. The minimum absolute atomic E-state index is 0.0427. The maximum absolute atomic E-state index is 12.0. The number of nitrogens with zero attached hydrogens (tertiary/aromatic N) is 2. The van der Waals surface area contributed by atoms with E-state index in [-0.39, 0.29) is 11.0 Å². The van der Waals surface area contributed by atoms with Gasteiger partial charge in [-0.25, -0.2) is 4.98 Å². The van der Waals surface area contributed by atoms with E-state index in [1.165, 1.54) is 0 Å². The lowest BCUT2D eigenvalue weighted by atomic mass is 9.82. The molecule has 0 atom stereocenters. The normalized spacial score (nSPS) is 11.6. The number of nitrogens with two attached hydrogens (primary N) is 1. The van der Waals surface area contributed by atoms with Gasteiger partial charge in [0.25, 0.3) is 5.56 Å². The molecule has 0 aliphatic rings. The summed E-state index contributed by atoms with van der Waals surface area (Å²) in [5, 5.41) is 3.16. The van der Waals surface area contributed by atoms with Gasteiger partial charge >= 0.3 is 0 Å². The Balaban J connectivity index is 2.83. The molecule has 0 fully saturated rings. The zero-order chi connectivity index (χ0) is 13.6. The van der Waals surface area contributed by atoms with Crippen LogP contribution in [-0.4, -0.2) is 22.6 Å². The Morgan fingerprint density at radius 1 is 1.39 bits per heavy atom. The predicted molar refractivity (Wildman–Crippen MR) is 74.7 cm³/mol. The molecular weight excluding hydrogens is 228 g/mol. The van der Waals surface area contributed by atoms with E-state index in [1.807, 2.05) is 6.92 Å². The van der Waals surface area contributed by atoms with Crippen molar-refractivity contribution < 1.29 is 0 Å². The van der Waals surface area contributed by atoms with Crippen LogP contribution in [0.4, 0.5) is 5.82 Å². The fourth-order valence-corrected chi connectivity index (χ4v) is 1.95. The highest BCUT2D eigenvalue weighted by atomic mass is 16.1. The summed E-state index contributed by atoms with van der Waals surface area (Å²) in [5.41, 5.74) is 5.81. The van der Waals surface area contributed by atoms with E-state index in [9.17, 15) is 4.79 Å². The van der Waals surface area contributed by atoms with E-state index in [4.69, 9.17) is 5.73 Å². The highest BCUT2D eigenvalue weighted by molar-refractivity contribution is 5.31. The third kappa shape index (κ3) is 3.10. The first kappa shape index (κ1) is 14.7. The van der Waals surface area contributed by atoms with Crippen LogP contribution in [0, 0.1) is 5.41 Å². The van der Waals surface area contributed by atoms with Crippen LogP contribution in [0.3, 0.4) is 0 Å². The molecule has 0 spiro atoms. The highest BCUT2D eigenvalue weighted by Gasteiger charge is 2.24. The van der Waals surface area contributed by atoms with Crippen LogP contribution in [0.25, 0.3) is 0 Å². The molecule has 0 saturated heterocycles. The molecule has 5 heteroatoms. The molecule has 0 aliphatic carbocycles. The molecule has 0 saturated carbocycles. The van der Waals surface area contributed by atoms with Crippen molar-refractivity contribution in [1.82, 2.24) is 9.55 Å². The van der Waals surface area contributed by atoms with Crippen LogP contribution in [0.5, 0.6) is 0 Å². The van der Waals surface area contributed by atoms with Gasteiger partial charge in [0.2, 0.25) is 0 Å². The van der Waals surface area contributed by atoms with E-state index < -0.39 is 0 Å². The summed E-state index contributed by atoms with van der Waals surface area (Å²) in [7, 11) is 0. The number of hydrogen-bond acceptors (Lipinski definition) is 4. The van der Waals surface area contributed by atoms with Gasteiger partial charge in [-0.15, -0.1) is 0 Å². The number of rotatable bonds is 7. The average molecular weight is 252 g/mol. The first-order valence-electron chi connectivity index (χ1n) is 6.61. The lowest BCUT2D eigenvalue weighted by Crippen LogP contribution is -2.37. The van der Waals surface area contributed by atoms with Crippen LogP contribution in [-0.2, 0) is 6.54 Å². The van der Waals surface area contributed by atoms with E-state index in [1.54, 1.807) is 17.0 Å². The molecular formula is C13H24N4O. The van der Waals surface area contributed by atoms with E-state index in [2.05, 4.69) is 24.1 Å². The fraction of sp³-hybridized carbons (Fsp3) is 0.692. The molecule has 1 heterocycles. The molecule has 0 amide bonds. The zero-order valence-corrected chi connectivity index (χ0v) is 11.6. The highest BCUT2D eigenvalue weighted by Crippen LogP contribution is 2.24. The quantitative estimate of drug-likeness (QED) is 0.770. The number of anilines is 1. The second-order valence-corrected chi connectivity index (χ2v) is 4.63. The summed E-state index contributed by atoms with van der Waals surface area (Å²) in [6, 6.07) is 0. The van der Waals surface area contributed by atoms with Crippen molar-refractivity contribution >= 4 is 5.82 Å². The largest absolute Gasteiger partial charge is 0.365 e. The molecule has 0 bridgehead atoms. The lowest BCUT2D eigenvalue weighted by Gasteiger charge is -2.30. The van der Waals surface area contributed by atoms with E-state index >= 15 is 0 Å². The Morgan fingerprint density at radius 3 is 2.56 bits per heavy atom. The van der Waals surface area contributed by atoms with Crippen molar-refractivity contribution in [1.29, 1.82) is 0 Å². The molecule has 0 aliphatic heterocycles. The Morgan fingerprint density at radius 2 is 2.06 bits per heavy atom. The molecule has 0 aromatic carbocycles. The van der Waals surface area contributed by atoms with Gasteiger partial charge in [0.05, 0.1) is 0 Å². The van der Waals surface area contributed by atoms with Gasteiger partial charge in [0.15, 0.2) is 5.82 Å². The van der Waals surface area contributed by atoms with Crippen LogP contribution in [0.15, 0.2) is 17.2 Å². The van der Waals surface area contributed by atoms with Crippen molar-refractivity contribution in [3.8, 4) is 0 Å². The Kier molecular flexibility index (Phi) is 5.34. The van der Waals surface area contributed by atoms with Crippen molar-refractivity contribution in [2.45, 2.75) is 40.2 Å². The summed E-state index contributed by atoms with van der Waals surface area (Å²) < 4.78 is 1.64. The van der Waals surface area contributed by atoms with Crippen molar-refractivity contribution in [3.05, 3.63) is 22.7 Å². The zero-order valence-electron chi connectivity index (χ0n) is 11.6. The molecule has 1 rings (SSSR count). The molecule has 1 aromatic heterocycles. The van der Waals surface area contributed by atoms with Crippen LogP contribution in [0.2, 0.25) is 0 Å². The fourth-order valence-electron chi connectivity index (χ4n) is 1.95. The van der Waals surface area contributed by atoms with Gasteiger partial charge in [-0.3, -0.25) is 4.79 Å². The van der Waals surface area contributed by atoms with Gasteiger partial charge < -0.3 is 15.6 Å². The minimum atomic E-state index is -0.0712. The monoisotopic (exact) mass is 252 g/mol. The summed E-state index contributed by atoms with van der Waals surface area (Å²) in [6.07, 6.45) is 5.32. The topological polar surface area (TPSA) is 72.9 Å². The standard InChI is InChI=1S/C13H24N4O/c1-4-13(5-2,9-14)10-16-11-12(18)17(6-3)8-7-15-11/h7-8H,4-6,9-10,14H2,1-3H3,(H,15,16). The lowest BCUT2D eigenvalue weighted by molar-refractivity contribution is 0.294. The third-order valence-electron chi connectivity index (χ3n) is 3.82. The number of nitrogens with one attached hydrogen (secondary N) is 1. The number of hydrogen-bond donors (Lipinski definition) is 2. The summed E-state index contributed by atoms with van der Waals surface area (Å²) >= 11 is 0. The van der Waals surface area contributed by atoms with Crippen LogP contribution < -0.4 is 16.6 Å². The molecule has 3 N–H and O–H groups in total. The average Bonchev–Trinajstić information content (AvgIpc) is 2.42. The second-order valence-electron chi connectivity index (χ2n) is 4.63. The Labute approximate surface area is 108 Å². The van der Waals surface area contributed by atoms with E-state index in [0.29, 0.717) is 25.5 Å². The van der Waals surface area contributed by atoms with Gasteiger partial charge in [-0.1, -0.05) is 13.8 Å². The van der Waals surface area contributed by atoms with Crippen LogP contribution in [0.1, 0.15) is 33.6 Å². The van der Waals surface area contributed by atoms with Gasteiger partial charge in [0, 0.05) is 25.5 Å². The van der Waals surface area contributed by atoms with E-state index in [0.717, 1.165) is 12.8 Å². The molecule has 0 unspecified atom stereocenters. The second kappa shape index (κ2) is 6.54. The smallest absolute Gasteiger partial charge is 0.293 e. The summed E-state index contributed by atoms with van der Waals surface area (Å²) in [4.78, 5) is 16.1. The molecule has 5 nitrogen and oxygen atoms in total. The Bertz CT molecular complexity index is 415. The van der Waals surface area contributed by atoms with Crippen LogP contribution >= 0.6 is 0 Å². The molecule has 102 valence electrons. The van der Waals surface area contributed by atoms with Gasteiger partial charge in [0.1, 0.15) is 0 Å². The first-order valence-corrected chi connectivity index (χ1v) is 6.61. The van der Waals surface area contributed by atoms with Crippen molar-refractivity contribution in [2.24, 2.45) is 11.1 Å². The Hall–Kier alpha value is -1.36.